The predicted molar refractivity (Wildman–Crippen MR) is 77.1 cm³/mol. The third-order valence-corrected chi connectivity index (χ3v) is 4.24. The fraction of sp³-hybridized carbons (Fsp3) is 0.278. The van der Waals surface area contributed by atoms with E-state index >= 15 is 0 Å². The van der Waals surface area contributed by atoms with Gasteiger partial charge in [-0.2, -0.15) is 0 Å². The third-order valence-electron chi connectivity index (χ3n) is 4.24. The van der Waals surface area contributed by atoms with E-state index in [1.165, 1.54) is 36.6 Å². The Morgan fingerprint density at radius 1 is 1.05 bits per heavy atom. The Labute approximate surface area is 122 Å². The van der Waals surface area contributed by atoms with E-state index in [0.717, 1.165) is 5.56 Å². The molecule has 2 aliphatic rings. The van der Waals surface area contributed by atoms with Crippen LogP contribution in [-0.2, 0) is 0 Å². The van der Waals surface area contributed by atoms with E-state index in [-0.39, 0.29) is 17.7 Å². The third kappa shape index (κ3) is 2.23. The molecule has 4 rings (SSSR count). The van der Waals surface area contributed by atoms with Crippen LogP contribution in [0.2, 0.25) is 0 Å². The molecule has 1 aliphatic heterocycles. The summed E-state index contributed by atoms with van der Waals surface area (Å²) in [5, 5.41) is 0. The summed E-state index contributed by atoms with van der Waals surface area (Å²) in [4.78, 5) is 12.3. The molecule has 0 amide bonds. The number of fused-ring (bicyclic) bond motifs is 1. The molecule has 0 spiro atoms. The Balaban J connectivity index is 1.73. The average Bonchev–Trinajstić information content (AvgIpc) is 3.31. The molecule has 1 saturated carbocycles. The molecule has 2 aromatic rings. The molecule has 1 heterocycles. The number of ether oxygens (including phenoxy) is 1. The summed E-state index contributed by atoms with van der Waals surface area (Å²) < 4.78 is 19.3. The molecule has 0 aromatic heterocycles. The van der Waals surface area contributed by atoms with Crippen molar-refractivity contribution in [2.24, 2.45) is 0 Å². The number of carbonyl (C=O) groups excluding carboxylic acids is 1. The zero-order valence-electron chi connectivity index (χ0n) is 11.5. The van der Waals surface area contributed by atoms with Crippen LogP contribution in [0.15, 0.2) is 42.5 Å². The lowest BCUT2D eigenvalue weighted by molar-refractivity contribution is 0.0848. The maximum absolute atomic E-state index is 13.4. The van der Waals surface area contributed by atoms with Crippen LogP contribution in [0.1, 0.15) is 52.8 Å². The van der Waals surface area contributed by atoms with Crippen LogP contribution in [0, 0.1) is 5.82 Å². The molecule has 0 N–H and O–H groups in total. The van der Waals surface area contributed by atoms with E-state index in [9.17, 15) is 9.18 Å². The van der Waals surface area contributed by atoms with Crippen molar-refractivity contribution in [3.05, 3.63) is 65.0 Å². The van der Waals surface area contributed by atoms with Crippen molar-refractivity contribution in [3.8, 4) is 5.75 Å². The quantitative estimate of drug-likeness (QED) is 0.815. The maximum Gasteiger partial charge on any atom is 0.170 e. The number of benzene rings is 2. The minimum Gasteiger partial charge on any atom is -0.484 e. The van der Waals surface area contributed by atoms with E-state index in [0.29, 0.717) is 23.7 Å². The Morgan fingerprint density at radius 2 is 1.81 bits per heavy atom. The largest absolute Gasteiger partial charge is 0.484 e. The molecule has 106 valence electrons. The van der Waals surface area contributed by atoms with Crippen LogP contribution in [0.4, 0.5) is 4.39 Å². The molecule has 1 atom stereocenters. The summed E-state index contributed by atoms with van der Waals surface area (Å²) in [6.07, 6.45) is 2.41. The predicted octanol–water partition coefficient (Wildman–Crippen LogP) is 4.41. The number of hydrogen-bond donors (Lipinski definition) is 0. The first-order valence-electron chi connectivity index (χ1n) is 7.30. The van der Waals surface area contributed by atoms with Crippen LogP contribution in [0.3, 0.4) is 0 Å². The molecule has 0 saturated heterocycles. The number of halogens is 1. The van der Waals surface area contributed by atoms with Crippen molar-refractivity contribution in [3.63, 3.8) is 0 Å². The van der Waals surface area contributed by atoms with E-state index in [1.54, 1.807) is 0 Å². The average molecular weight is 282 g/mol. The van der Waals surface area contributed by atoms with Gasteiger partial charge in [-0.1, -0.05) is 24.3 Å². The van der Waals surface area contributed by atoms with E-state index in [4.69, 9.17) is 4.74 Å². The molecule has 2 aromatic carbocycles. The highest BCUT2D eigenvalue weighted by Crippen LogP contribution is 2.45. The Bertz CT molecular complexity index is 719. The lowest BCUT2D eigenvalue weighted by atomic mass is 9.92. The van der Waals surface area contributed by atoms with Crippen molar-refractivity contribution in [2.45, 2.75) is 31.3 Å². The van der Waals surface area contributed by atoms with Gasteiger partial charge in [0.15, 0.2) is 5.78 Å². The second-order valence-electron chi connectivity index (χ2n) is 5.78. The molecule has 0 bridgehead atoms. The highest BCUT2D eigenvalue weighted by Gasteiger charge is 2.33. The van der Waals surface area contributed by atoms with Crippen LogP contribution >= 0.6 is 0 Å². The zero-order chi connectivity index (χ0) is 14.4. The van der Waals surface area contributed by atoms with Crippen molar-refractivity contribution in [1.29, 1.82) is 0 Å². The van der Waals surface area contributed by atoms with Crippen LogP contribution in [0.25, 0.3) is 0 Å². The Hall–Kier alpha value is -2.16. The van der Waals surface area contributed by atoms with E-state index < -0.39 is 0 Å². The molecule has 1 fully saturated rings. The smallest absolute Gasteiger partial charge is 0.170 e. The van der Waals surface area contributed by atoms with Gasteiger partial charge in [-0.3, -0.25) is 4.79 Å². The van der Waals surface area contributed by atoms with Crippen molar-refractivity contribution < 1.29 is 13.9 Å². The van der Waals surface area contributed by atoms with Crippen molar-refractivity contribution >= 4 is 5.78 Å². The van der Waals surface area contributed by atoms with E-state index in [1.807, 2.05) is 18.2 Å². The van der Waals surface area contributed by atoms with Gasteiger partial charge in [0.1, 0.15) is 17.7 Å². The summed E-state index contributed by atoms with van der Waals surface area (Å²) in [5.74, 6) is 0.597. The zero-order valence-corrected chi connectivity index (χ0v) is 11.5. The van der Waals surface area contributed by atoms with E-state index in [2.05, 4.69) is 6.07 Å². The standard InChI is InChI=1S/C18H15FO2/c19-12-7-8-15-16(20)10-18(21-17(15)9-12)14-4-2-1-3-13(14)11-5-6-11/h1-4,7-9,11,18H,5-6,10H2. The fourth-order valence-electron chi connectivity index (χ4n) is 3.04. The minimum absolute atomic E-state index is 0.0202. The highest BCUT2D eigenvalue weighted by molar-refractivity contribution is 6.00. The first kappa shape index (κ1) is 12.6. The fourth-order valence-corrected chi connectivity index (χ4v) is 3.04. The number of hydrogen-bond acceptors (Lipinski definition) is 2. The number of Topliss-reactive ketones (excluding diaryl/α,β-unsaturated/α-hetero) is 1. The van der Waals surface area contributed by atoms with Crippen LogP contribution < -0.4 is 4.74 Å². The lowest BCUT2D eigenvalue weighted by Gasteiger charge is -2.27. The molecule has 1 unspecified atom stereocenters. The normalized spacial score (nSPS) is 20.8. The summed E-state index contributed by atoms with van der Waals surface area (Å²) in [6, 6.07) is 12.2. The minimum atomic E-state index is -0.377. The Kier molecular flexibility index (Phi) is 2.81. The number of carbonyl (C=O) groups is 1. The van der Waals surface area contributed by atoms with Crippen molar-refractivity contribution in [2.75, 3.05) is 0 Å². The van der Waals surface area contributed by atoms with Gasteiger partial charge in [0, 0.05) is 6.07 Å². The maximum atomic E-state index is 13.4. The molecule has 1 aliphatic carbocycles. The molecular weight excluding hydrogens is 267 g/mol. The van der Waals surface area contributed by atoms with Crippen molar-refractivity contribution in [1.82, 2.24) is 0 Å². The van der Waals surface area contributed by atoms with Gasteiger partial charge in [0.25, 0.3) is 0 Å². The lowest BCUT2D eigenvalue weighted by Crippen LogP contribution is -2.21. The monoisotopic (exact) mass is 282 g/mol. The summed E-state index contributed by atoms with van der Waals surface area (Å²) in [6.45, 7) is 0. The SMILES string of the molecule is O=C1CC(c2ccccc2C2CC2)Oc2cc(F)ccc21. The first-order valence-corrected chi connectivity index (χ1v) is 7.30. The molecule has 2 nitrogen and oxygen atoms in total. The van der Waals surface area contributed by atoms with Crippen LogP contribution in [0.5, 0.6) is 5.75 Å². The van der Waals surface area contributed by atoms with Gasteiger partial charge in [0.2, 0.25) is 0 Å². The van der Waals surface area contributed by atoms with Gasteiger partial charge in [-0.25, -0.2) is 4.39 Å². The highest BCUT2D eigenvalue weighted by atomic mass is 19.1. The summed E-state index contributed by atoms with van der Waals surface area (Å²) >= 11 is 0. The number of ketones is 1. The molecular formula is C18H15FO2. The topological polar surface area (TPSA) is 26.3 Å². The summed E-state index contributed by atoms with van der Waals surface area (Å²) in [5.41, 5.74) is 2.83. The molecule has 3 heteroatoms. The summed E-state index contributed by atoms with van der Waals surface area (Å²) in [7, 11) is 0. The molecule has 0 radical (unpaired) electrons. The molecule has 21 heavy (non-hydrogen) atoms. The van der Waals surface area contributed by atoms with Gasteiger partial charge in [-0.05, 0) is 42.0 Å². The van der Waals surface area contributed by atoms with Gasteiger partial charge >= 0.3 is 0 Å². The number of rotatable bonds is 2. The second-order valence-corrected chi connectivity index (χ2v) is 5.78. The van der Waals surface area contributed by atoms with Gasteiger partial charge in [0.05, 0.1) is 12.0 Å². The Morgan fingerprint density at radius 3 is 2.57 bits per heavy atom. The van der Waals surface area contributed by atoms with Crippen LogP contribution in [-0.4, -0.2) is 5.78 Å². The van der Waals surface area contributed by atoms with Gasteiger partial charge in [-0.15, -0.1) is 0 Å². The van der Waals surface area contributed by atoms with Gasteiger partial charge < -0.3 is 4.74 Å². The second kappa shape index (κ2) is 4.69. The first-order chi connectivity index (χ1) is 10.2.